The van der Waals surface area contributed by atoms with E-state index in [2.05, 4.69) is 15.9 Å². The highest BCUT2D eigenvalue weighted by molar-refractivity contribution is 9.09. The Morgan fingerprint density at radius 3 is 2.50 bits per heavy atom. The Bertz CT molecular complexity index is 391. The second kappa shape index (κ2) is 7.64. The first-order chi connectivity index (χ1) is 8.57. The first kappa shape index (κ1) is 15.3. The van der Waals surface area contributed by atoms with Crippen LogP contribution in [0, 0.1) is 20.8 Å². The lowest BCUT2D eigenvalue weighted by Gasteiger charge is -2.14. The van der Waals surface area contributed by atoms with Crippen molar-refractivity contribution in [1.82, 2.24) is 0 Å². The molecular formula is C14H21BrO3. The lowest BCUT2D eigenvalue weighted by molar-refractivity contribution is 0.133. The summed E-state index contributed by atoms with van der Waals surface area (Å²) in [7, 11) is 0. The normalized spacial score (nSPS) is 10.7. The van der Waals surface area contributed by atoms with Crippen molar-refractivity contribution in [2.75, 3.05) is 25.2 Å². The maximum absolute atomic E-state index is 9.80. The first-order valence-electron chi connectivity index (χ1n) is 6.14. The summed E-state index contributed by atoms with van der Waals surface area (Å²) in [4.78, 5) is 0. The van der Waals surface area contributed by atoms with E-state index in [-0.39, 0.29) is 0 Å². The van der Waals surface area contributed by atoms with Crippen LogP contribution in [0.1, 0.15) is 23.1 Å². The average molecular weight is 317 g/mol. The summed E-state index contributed by atoms with van der Waals surface area (Å²) in [5.41, 5.74) is 2.74. The fourth-order valence-electron chi connectivity index (χ4n) is 1.68. The minimum absolute atomic E-state index is 0.362. The minimum Gasteiger partial charge on any atom is -0.507 e. The van der Waals surface area contributed by atoms with Crippen LogP contribution in [0.3, 0.4) is 0 Å². The molecule has 0 atom stereocenters. The van der Waals surface area contributed by atoms with Gasteiger partial charge in [-0.1, -0.05) is 15.9 Å². The third-order valence-corrected chi connectivity index (χ3v) is 3.24. The molecular weight excluding hydrogens is 296 g/mol. The van der Waals surface area contributed by atoms with Crippen LogP contribution in [0.15, 0.2) is 6.07 Å². The molecule has 0 aliphatic heterocycles. The van der Waals surface area contributed by atoms with Crippen molar-refractivity contribution in [1.29, 1.82) is 0 Å². The third-order valence-electron chi connectivity index (χ3n) is 2.92. The maximum Gasteiger partial charge on any atom is 0.122 e. The zero-order valence-corrected chi connectivity index (χ0v) is 12.8. The van der Waals surface area contributed by atoms with Crippen LogP contribution in [0.2, 0.25) is 0 Å². The summed E-state index contributed by atoms with van der Waals surface area (Å²) in [6.07, 6.45) is 0.866. The highest BCUT2D eigenvalue weighted by atomic mass is 79.9. The smallest absolute Gasteiger partial charge is 0.122 e. The lowest BCUT2D eigenvalue weighted by atomic mass is 10.0. The van der Waals surface area contributed by atoms with E-state index in [0.717, 1.165) is 40.8 Å². The molecule has 0 aliphatic carbocycles. The molecule has 1 rings (SSSR count). The molecule has 0 saturated heterocycles. The summed E-state index contributed by atoms with van der Waals surface area (Å²) in [5.74, 6) is 1.21. The molecule has 1 N–H and O–H groups in total. The van der Waals surface area contributed by atoms with Gasteiger partial charge in [-0.15, -0.1) is 0 Å². The van der Waals surface area contributed by atoms with Gasteiger partial charge in [0.15, 0.2) is 0 Å². The highest BCUT2D eigenvalue weighted by Gasteiger charge is 2.09. The standard InChI is InChI=1S/C14H21BrO3/c1-10-9-13(11(2)12(3)14(10)16)18-7-4-6-17-8-5-15/h9,16H,4-8H2,1-3H3. The van der Waals surface area contributed by atoms with Gasteiger partial charge in [0.1, 0.15) is 11.5 Å². The molecule has 4 heteroatoms. The Hall–Kier alpha value is -0.740. The summed E-state index contributed by atoms with van der Waals surface area (Å²) in [5, 5.41) is 10.7. The van der Waals surface area contributed by atoms with Crippen molar-refractivity contribution < 1.29 is 14.6 Å². The van der Waals surface area contributed by atoms with Crippen LogP contribution >= 0.6 is 15.9 Å². The van der Waals surface area contributed by atoms with Crippen LogP contribution < -0.4 is 4.74 Å². The van der Waals surface area contributed by atoms with E-state index in [0.29, 0.717) is 19.0 Å². The molecule has 0 aromatic heterocycles. The maximum atomic E-state index is 9.80. The molecule has 0 aliphatic rings. The number of aromatic hydroxyl groups is 1. The zero-order chi connectivity index (χ0) is 13.5. The van der Waals surface area contributed by atoms with Gasteiger partial charge in [-0.25, -0.2) is 0 Å². The number of aryl methyl sites for hydroxylation is 1. The van der Waals surface area contributed by atoms with E-state index >= 15 is 0 Å². The number of hydrogen-bond donors (Lipinski definition) is 1. The predicted octanol–water partition coefficient (Wildman–Crippen LogP) is 3.50. The number of halogens is 1. The van der Waals surface area contributed by atoms with Gasteiger partial charge in [0.05, 0.1) is 13.2 Å². The fraction of sp³-hybridized carbons (Fsp3) is 0.571. The van der Waals surface area contributed by atoms with Crippen LogP contribution in [-0.4, -0.2) is 30.3 Å². The van der Waals surface area contributed by atoms with Gasteiger partial charge in [0.25, 0.3) is 0 Å². The first-order valence-corrected chi connectivity index (χ1v) is 7.26. The average Bonchev–Trinajstić information content (AvgIpc) is 2.37. The van der Waals surface area contributed by atoms with E-state index in [1.54, 1.807) is 0 Å². The van der Waals surface area contributed by atoms with Crippen LogP contribution in [0.25, 0.3) is 0 Å². The van der Waals surface area contributed by atoms with Crippen LogP contribution in [-0.2, 0) is 4.74 Å². The van der Waals surface area contributed by atoms with Crippen LogP contribution in [0.4, 0.5) is 0 Å². The summed E-state index contributed by atoms with van der Waals surface area (Å²) < 4.78 is 11.1. The number of alkyl halides is 1. The van der Waals surface area contributed by atoms with Crippen molar-refractivity contribution in [2.45, 2.75) is 27.2 Å². The van der Waals surface area contributed by atoms with Crippen molar-refractivity contribution in [3.63, 3.8) is 0 Å². The molecule has 0 bridgehead atoms. The molecule has 1 aromatic rings. The number of ether oxygens (including phenoxy) is 2. The van der Waals surface area contributed by atoms with Gasteiger partial charge in [0, 0.05) is 18.4 Å². The van der Waals surface area contributed by atoms with Gasteiger partial charge in [0.2, 0.25) is 0 Å². The minimum atomic E-state index is 0.362. The molecule has 0 radical (unpaired) electrons. The Morgan fingerprint density at radius 2 is 1.83 bits per heavy atom. The molecule has 0 spiro atoms. The SMILES string of the molecule is Cc1cc(OCCCOCCBr)c(C)c(C)c1O. The highest BCUT2D eigenvalue weighted by Crippen LogP contribution is 2.31. The van der Waals surface area contributed by atoms with Crippen molar-refractivity contribution >= 4 is 15.9 Å². The molecule has 18 heavy (non-hydrogen) atoms. The van der Waals surface area contributed by atoms with E-state index < -0.39 is 0 Å². The fourth-order valence-corrected chi connectivity index (χ4v) is 1.91. The van der Waals surface area contributed by atoms with Gasteiger partial charge >= 0.3 is 0 Å². The van der Waals surface area contributed by atoms with E-state index in [4.69, 9.17) is 9.47 Å². The molecule has 0 unspecified atom stereocenters. The molecule has 102 valence electrons. The molecule has 0 fully saturated rings. The Balaban J connectivity index is 2.48. The second-order valence-electron chi connectivity index (χ2n) is 4.29. The molecule has 1 aromatic carbocycles. The Kier molecular flexibility index (Phi) is 6.50. The van der Waals surface area contributed by atoms with Gasteiger partial charge in [-0.05, 0) is 43.5 Å². The summed E-state index contributed by atoms with van der Waals surface area (Å²) >= 11 is 3.31. The summed E-state index contributed by atoms with van der Waals surface area (Å²) in [6.45, 7) is 7.83. The van der Waals surface area contributed by atoms with E-state index in [1.165, 1.54) is 0 Å². The third kappa shape index (κ3) is 4.18. The predicted molar refractivity (Wildman–Crippen MR) is 77.0 cm³/mol. The van der Waals surface area contributed by atoms with E-state index in [9.17, 15) is 5.11 Å². The second-order valence-corrected chi connectivity index (χ2v) is 5.09. The molecule has 0 amide bonds. The Morgan fingerprint density at radius 1 is 1.11 bits per heavy atom. The van der Waals surface area contributed by atoms with Gasteiger partial charge < -0.3 is 14.6 Å². The van der Waals surface area contributed by atoms with Crippen LogP contribution in [0.5, 0.6) is 11.5 Å². The topological polar surface area (TPSA) is 38.7 Å². The lowest BCUT2D eigenvalue weighted by Crippen LogP contribution is -2.05. The number of rotatable bonds is 7. The largest absolute Gasteiger partial charge is 0.507 e. The van der Waals surface area contributed by atoms with Crippen molar-refractivity contribution in [3.8, 4) is 11.5 Å². The number of hydrogen-bond acceptors (Lipinski definition) is 3. The molecule has 0 saturated carbocycles. The van der Waals surface area contributed by atoms with Crippen molar-refractivity contribution in [2.24, 2.45) is 0 Å². The summed E-state index contributed by atoms with van der Waals surface area (Å²) in [6, 6.07) is 1.89. The van der Waals surface area contributed by atoms with Gasteiger partial charge in [-0.3, -0.25) is 0 Å². The monoisotopic (exact) mass is 316 g/mol. The quantitative estimate of drug-likeness (QED) is 0.618. The number of phenolic OH excluding ortho intramolecular Hbond substituents is 1. The Labute approximate surface area is 117 Å². The number of phenols is 1. The molecule has 3 nitrogen and oxygen atoms in total. The van der Waals surface area contributed by atoms with E-state index in [1.807, 2.05) is 26.8 Å². The number of benzene rings is 1. The molecule has 0 heterocycles. The van der Waals surface area contributed by atoms with Gasteiger partial charge in [-0.2, -0.15) is 0 Å². The zero-order valence-electron chi connectivity index (χ0n) is 11.3. The van der Waals surface area contributed by atoms with Crippen molar-refractivity contribution in [3.05, 3.63) is 22.8 Å².